The third-order valence-electron chi connectivity index (χ3n) is 4.97. The monoisotopic (exact) mass is 428 g/mol. The second-order valence-electron chi connectivity index (χ2n) is 6.81. The average Bonchev–Trinajstić information content (AvgIpc) is 3.48. The summed E-state index contributed by atoms with van der Waals surface area (Å²) in [4.78, 5) is 8.04. The van der Waals surface area contributed by atoms with Crippen molar-refractivity contribution in [3.63, 3.8) is 0 Å². The van der Waals surface area contributed by atoms with E-state index < -0.39 is 0 Å². The fourth-order valence-corrected chi connectivity index (χ4v) is 4.14. The lowest BCUT2D eigenvalue weighted by molar-refractivity contribution is 0.190. The van der Waals surface area contributed by atoms with Crippen LogP contribution in [0.25, 0.3) is 27.7 Å². The summed E-state index contributed by atoms with van der Waals surface area (Å²) >= 11 is 1.64. The quantitative estimate of drug-likeness (QED) is 0.535. The van der Waals surface area contributed by atoms with E-state index >= 15 is 0 Å². The third-order valence-corrected chi connectivity index (χ3v) is 5.85. The number of benzene rings is 1. The molecule has 1 aromatic carbocycles. The van der Waals surface area contributed by atoms with Crippen LogP contribution in [0.5, 0.6) is 0 Å². The zero-order valence-electron chi connectivity index (χ0n) is 15.9. The van der Waals surface area contributed by atoms with E-state index in [2.05, 4.69) is 28.5 Å². The molecule has 150 valence electrons. The molecule has 0 radical (unpaired) electrons. The Morgan fingerprint density at radius 2 is 2.03 bits per heavy atom. The predicted octanol–water partition coefficient (Wildman–Crippen LogP) is 3.65. The van der Waals surface area contributed by atoms with Gasteiger partial charge in [0.25, 0.3) is 5.89 Å². The average molecular weight is 429 g/mol. The van der Waals surface area contributed by atoms with Crippen molar-refractivity contribution in [3.05, 3.63) is 59.9 Å². The van der Waals surface area contributed by atoms with Crippen LogP contribution in [-0.2, 0) is 0 Å². The SMILES string of the molecule is CN1CCNCC1c1noc(-c2cn(-c3ccccc3)nc2-c2cccs2)n1.Cl. The highest BCUT2D eigenvalue weighted by atomic mass is 35.5. The first kappa shape index (κ1) is 19.8. The number of nitrogens with zero attached hydrogens (tertiary/aromatic N) is 5. The van der Waals surface area contributed by atoms with Gasteiger partial charge in [0.15, 0.2) is 5.82 Å². The van der Waals surface area contributed by atoms with Gasteiger partial charge in [-0.3, -0.25) is 4.90 Å². The first-order valence-corrected chi connectivity index (χ1v) is 10.1. The van der Waals surface area contributed by atoms with Crippen LogP contribution in [0.4, 0.5) is 0 Å². The molecule has 29 heavy (non-hydrogen) atoms. The van der Waals surface area contributed by atoms with E-state index in [-0.39, 0.29) is 18.4 Å². The zero-order valence-corrected chi connectivity index (χ0v) is 17.5. The maximum atomic E-state index is 5.68. The van der Waals surface area contributed by atoms with Gasteiger partial charge in [-0.05, 0) is 30.6 Å². The van der Waals surface area contributed by atoms with Crippen molar-refractivity contribution in [2.45, 2.75) is 6.04 Å². The van der Waals surface area contributed by atoms with Crippen LogP contribution in [0.3, 0.4) is 0 Å². The van der Waals surface area contributed by atoms with E-state index in [1.807, 2.05) is 52.7 Å². The van der Waals surface area contributed by atoms with Gasteiger partial charge in [-0.25, -0.2) is 4.68 Å². The Balaban J connectivity index is 0.00000205. The molecule has 0 amide bonds. The molecular formula is C20H21ClN6OS. The third kappa shape index (κ3) is 3.84. The predicted molar refractivity (Wildman–Crippen MR) is 116 cm³/mol. The van der Waals surface area contributed by atoms with Crippen LogP contribution in [0.1, 0.15) is 11.9 Å². The smallest absolute Gasteiger partial charge is 0.261 e. The fraction of sp³-hybridized carbons (Fsp3) is 0.250. The maximum Gasteiger partial charge on any atom is 0.261 e. The number of likely N-dealkylation sites (N-methyl/N-ethyl adjacent to an activating group) is 1. The summed E-state index contributed by atoms with van der Waals surface area (Å²) in [6, 6.07) is 14.2. The van der Waals surface area contributed by atoms with Crippen LogP contribution >= 0.6 is 23.7 Å². The van der Waals surface area contributed by atoms with Gasteiger partial charge in [-0.1, -0.05) is 29.4 Å². The van der Waals surface area contributed by atoms with Crippen LogP contribution in [0, 0.1) is 0 Å². The largest absolute Gasteiger partial charge is 0.334 e. The summed E-state index contributed by atoms with van der Waals surface area (Å²) in [7, 11) is 2.09. The molecule has 5 rings (SSSR count). The van der Waals surface area contributed by atoms with Crippen LogP contribution in [0.2, 0.25) is 0 Å². The van der Waals surface area contributed by atoms with Crippen molar-refractivity contribution in [1.82, 2.24) is 30.1 Å². The molecule has 0 aliphatic carbocycles. The molecule has 4 heterocycles. The highest BCUT2D eigenvalue weighted by Gasteiger charge is 2.27. The molecule has 1 aliphatic heterocycles. The van der Waals surface area contributed by atoms with Gasteiger partial charge in [-0.2, -0.15) is 10.1 Å². The van der Waals surface area contributed by atoms with Gasteiger partial charge >= 0.3 is 0 Å². The highest BCUT2D eigenvalue weighted by Crippen LogP contribution is 2.34. The van der Waals surface area contributed by atoms with Gasteiger partial charge in [-0.15, -0.1) is 23.7 Å². The second-order valence-corrected chi connectivity index (χ2v) is 7.75. The molecule has 0 spiro atoms. The number of hydrogen-bond acceptors (Lipinski definition) is 7. The summed E-state index contributed by atoms with van der Waals surface area (Å²) in [6.07, 6.45) is 1.96. The summed E-state index contributed by atoms with van der Waals surface area (Å²) in [6.45, 7) is 2.75. The topological polar surface area (TPSA) is 72.0 Å². The Labute approximate surface area is 178 Å². The molecular weight excluding hydrogens is 408 g/mol. The normalized spacial score (nSPS) is 17.2. The minimum absolute atomic E-state index is 0. The van der Waals surface area contributed by atoms with Gasteiger partial charge in [0, 0.05) is 25.8 Å². The molecule has 1 N–H and O–H groups in total. The van der Waals surface area contributed by atoms with E-state index in [9.17, 15) is 0 Å². The Hall–Kier alpha value is -2.52. The summed E-state index contributed by atoms with van der Waals surface area (Å²) < 4.78 is 7.54. The number of hydrogen-bond donors (Lipinski definition) is 1. The molecule has 4 aromatic rings. The lowest BCUT2D eigenvalue weighted by Crippen LogP contribution is -2.44. The number of thiophene rings is 1. The first-order chi connectivity index (χ1) is 13.8. The number of aromatic nitrogens is 4. The fourth-order valence-electron chi connectivity index (χ4n) is 3.41. The summed E-state index contributed by atoms with van der Waals surface area (Å²) in [5.41, 5.74) is 2.68. The Kier molecular flexibility index (Phi) is 5.77. The van der Waals surface area contributed by atoms with E-state index in [0.29, 0.717) is 11.7 Å². The highest BCUT2D eigenvalue weighted by molar-refractivity contribution is 7.13. The molecule has 1 atom stereocenters. The number of nitrogens with one attached hydrogen (secondary N) is 1. The minimum atomic E-state index is 0. The molecule has 7 nitrogen and oxygen atoms in total. The van der Waals surface area contributed by atoms with Crippen molar-refractivity contribution < 1.29 is 4.52 Å². The molecule has 9 heteroatoms. The van der Waals surface area contributed by atoms with Gasteiger partial charge in [0.05, 0.1) is 22.2 Å². The standard InChI is InChI=1S/C20H20N6OS.ClH/c1-25-10-9-21-12-16(25)19-22-20(27-24-19)15-13-26(14-6-3-2-4-7-14)23-18(15)17-8-5-11-28-17;/h2-8,11,13,16,21H,9-10,12H2,1H3;1H. The van der Waals surface area contributed by atoms with E-state index in [1.165, 1.54) is 0 Å². The Morgan fingerprint density at radius 1 is 1.17 bits per heavy atom. The molecule has 0 saturated carbocycles. The molecule has 1 unspecified atom stereocenters. The second kappa shape index (κ2) is 8.46. The number of para-hydroxylation sites is 1. The van der Waals surface area contributed by atoms with Gasteiger partial charge in [0.2, 0.25) is 0 Å². The van der Waals surface area contributed by atoms with Gasteiger partial charge < -0.3 is 9.84 Å². The molecule has 1 saturated heterocycles. The van der Waals surface area contributed by atoms with Crippen molar-refractivity contribution in [3.8, 4) is 27.7 Å². The lowest BCUT2D eigenvalue weighted by Gasteiger charge is -2.30. The van der Waals surface area contributed by atoms with E-state index in [1.54, 1.807) is 11.3 Å². The van der Waals surface area contributed by atoms with Crippen molar-refractivity contribution >= 4 is 23.7 Å². The van der Waals surface area contributed by atoms with Crippen LogP contribution in [0.15, 0.2) is 58.6 Å². The molecule has 3 aromatic heterocycles. The Bertz CT molecular complexity index is 1060. The van der Waals surface area contributed by atoms with Crippen LogP contribution < -0.4 is 5.32 Å². The van der Waals surface area contributed by atoms with Crippen molar-refractivity contribution in [2.75, 3.05) is 26.7 Å². The maximum absolute atomic E-state index is 5.68. The zero-order chi connectivity index (χ0) is 18.9. The van der Waals surface area contributed by atoms with E-state index in [4.69, 9.17) is 14.6 Å². The van der Waals surface area contributed by atoms with Crippen molar-refractivity contribution in [2.24, 2.45) is 0 Å². The minimum Gasteiger partial charge on any atom is -0.334 e. The summed E-state index contributed by atoms with van der Waals surface area (Å²) in [5, 5.41) is 14.5. The molecule has 0 bridgehead atoms. The number of halogens is 1. The lowest BCUT2D eigenvalue weighted by atomic mass is 10.2. The molecule has 1 aliphatic rings. The molecule has 1 fully saturated rings. The van der Waals surface area contributed by atoms with Gasteiger partial charge in [0.1, 0.15) is 5.69 Å². The number of rotatable bonds is 4. The first-order valence-electron chi connectivity index (χ1n) is 9.23. The van der Waals surface area contributed by atoms with Crippen molar-refractivity contribution in [1.29, 1.82) is 0 Å². The van der Waals surface area contributed by atoms with E-state index in [0.717, 1.165) is 41.5 Å². The van der Waals surface area contributed by atoms with Crippen LogP contribution in [-0.4, -0.2) is 51.5 Å². The number of piperazine rings is 1. The Morgan fingerprint density at radius 3 is 2.79 bits per heavy atom. The summed E-state index contributed by atoms with van der Waals surface area (Å²) in [5.74, 6) is 1.20.